The van der Waals surface area contributed by atoms with Crippen LogP contribution >= 0.6 is 0 Å². The molecule has 0 aromatic carbocycles. The van der Waals surface area contributed by atoms with Gasteiger partial charge in [0.05, 0.1) is 11.0 Å². The van der Waals surface area contributed by atoms with E-state index in [-0.39, 0.29) is 18.6 Å². The molecule has 0 saturated heterocycles. The van der Waals surface area contributed by atoms with E-state index in [2.05, 4.69) is 6.08 Å². The molecule has 1 N–H and O–H groups in total. The van der Waals surface area contributed by atoms with Gasteiger partial charge < -0.3 is 9.84 Å². The SMILES string of the molecule is CC(C)=CCCC(C)(O)C1CC2=C(O1)[C@](C)(CC=C(C)C)C(=O)[C@](CC=C(C)C)(C(=O)C(C)C)C2=O. The van der Waals surface area contributed by atoms with Crippen LogP contribution in [0.2, 0.25) is 0 Å². The van der Waals surface area contributed by atoms with Crippen molar-refractivity contribution < 1.29 is 24.2 Å². The Hall–Kier alpha value is -2.27. The highest BCUT2D eigenvalue weighted by molar-refractivity contribution is 6.32. The van der Waals surface area contributed by atoms with Crippen LogP contribution in [0.5, 0.6) is 0 Å². The predicted molar refractivity (Wildman–Crippen MR) is 144 cm³/mol. The maximum Gasteiger partial charge on any atom is 0.183 e. The Labute approximate surface area is 217 Å². The first-order valence-electron chi connectivity index (χ1n) is 13.2. The van der Waals surface area contributed by atoms with Crippen molar-refractivity contribution in [2.75, 3.05) is 0 Å². The maximum atomic E-state index is 14.4. The molecule has 1 heterocycles. The molecule has 36 heavy (non-hydrogen) atoms. The van der Waals surface area contributed by atoms with Gasteiger partial charge in [0.15, 0.2) is 22.8 Å². The van der Waals surface area contributed by atoms with Gasteiger partial charge >= 0.3 is 0 Å². The van der Waals surface area contributed by atoms with Gasteiger partial charge in [-0.2, -0.15) is 0 Å². The summed E-state index contributed by atoms with van der Waals surface area (Å²) in [4.78, 5) is 42.3. The number of aliphatic hydroxyl groups is 1. The van der Waals surface area contributed by atoms with E-state index < -0.39 is 40.0 Å². The number of carbonyl (C=O) groups is 3. The minimum atomic E-state index is -1.78. The highest BCUT2D eigenvalue weighted by Gasteiger charge is 2.65. The number of ketones is 3. The molecule has 0 saturated carbocycles. The van der Waals surface area contributed by atoms with Crippen LogP contribution in [0.4, 0.5) is 0 Å². The zero-order valence-corrected chi connectivity index (χ0v) is 24.0. The summed E-state index contributed by atoms with van der Waals surface area (Å²) in [6, 6.07) is 0. The van der Waals surface area contributed by atoms with Crippen molar-refractivity contribution in [1.29, 1.82) is 0 Å². The van der Waals surface area contributed by atoms with E-state index in [0.717, 1.165) is 11.1 Å². The van der Waals surface area contributed by atoms with Gasteiger partial charge in [-0.25, -0.2) is 0 Å². The lowest BCUT2D eigenvalue weighted by Gasteiger charge is -2.43. The average Bonchev–Trinajstić information content (AvgIpc) is 3.23. The Kier molecular flexibility index (Phi) is 9.15. The third-order valence-corrected chi connectivity index (χ3v) is 7.55. The van der Waals surface area contributed by atoms with Crippen LogP contribution in [-0.4, -0.2) is 34.2 Å². The molecule has 2 rings (SSSR count). The number of allylic oxidation sites excluding steroid dienone is 7. The molecule has 0 aromatic rings. The van der Waals surface area contributed by atoms with E-state index in [9.17, 15) is 19.5 Å². The molecule has 0 spiro atoms. The lowest BCUT2D eigenvalue weighted by Crippen LogP contribution is -2.57. The quantitative estimate of drug-likeness (QED) is 0.271. The second kappa shape index (κ2) is 11.0. The Bertz CT molecular complexity index is 1020. The molecular weight excluding hydrogens is 452 g/mol. The Balaban J connectivity index is 2.68. The summed E-state index contributed by atoms with van der Waals surface area (Å²) in [5.74, 6) is -1.33. The van der Waals surface area contributed by atoms with E-state index in [4.69, 9.17) is 4.74 Å². The fraction of sp³-hybridized carbons (Fsp3) is 0.645. The van der Waals surface area contributed by atoms with Crippen LogP contribution in [0.25, 0.3) is 0 Å². The highest BCUT2D eigenvalue weighted by Crippen LogP contribution is 2.55. The van der Waals surface area contributed by atoms with Gasteiger partial charge in [0.1, 0.15) is 11.9 Å². The minimum Gasteiger partial charge on any atom is -0.490 e. The standard InChI is InChI=1S/C31H46O5/c1-19(2)12-11-15-30(10,35)24-18-23-26(33)31(17-14-21(5)6,25(32)22(7)8)28(34)29(9,27(23)36-24)16-13-20(3)4/h12-14,22,24,35H,11,15-18H2,1-10H3/t24?,29-,30?,31+/m0/s1. The fourth-order valence-corrected chi connectivity index (χ4v) is 5.24. The summed E-state index contributed by atoms with van der Waals surface area (Å²) in [5, 5.41) is 11.4. The number of hydrogen-bond acceptors (Lipinski definition) is 5. The number of ether oxygens (including phenoxy) is 1. The van der Waals surface area contributed by atoms with Crippen LogP contribution in [0.3, 0.4) is 0 Å². The molecular formula is C31H46O5. The first-order valence-corrected chi connectivity index (χ1v) is 13.2. The van der Waals surface area contributed by atoms with Crippen LogP contribution in [0.1, 0.15) is 101 Å². The topological polar surface area (TPSA) is 80.7 Å². The van der Waals surface area contributed by atoms with E-state index in [1.54, 1.807) is 27.7 Å². The lowest BCUT2D eigenvalue weighted by atomic mass is 9.55. The van der Waals surface area contributed by atoms with Crippen LogP contribution in [-0.2, 0) is 19.1 Å². The third kappa shape index (κ3) is 5.66. The fourth-order valence-electron chi connectivity index (χ4n) is 5.24. The summed E-state index contributed by atoms with van der Waals surface area (Å²) in [6.07, 6.45) is 6.90. The maximum absolute atomic E-state index is 14.4. The molecule has 5 heteroatoms. The molecule has 0 amide bonds. The van der Waals surface area contributed by atoms with Crippen molar-refractivity contribution in [3.63, 3.8) is 0 Å². The van der Waals surface area contributed by atoms with Gasteiger partial charge in [-0.1, -0.05) is 48.8 Å². The second-order valence-electron chi connectivity index (χ2n) is 12.2. The normalized spacial score (nSPS) is 27.3. The second-order valence-corrected chi connectivity index (χ2v) is 12.2. The summed E-state index contributed by atoms with van der Waals surface area (Å²) in [7, 11) is 0. The predicted octanol–water partition coefficient (Wildman–Crippen LogP) is 6.61. The summed E-state index contributed by atoms with van der Waals surface area (Å²) >= 11 is 0. The molecule has 0 aromatic heterocycles. The zero-order valence-electron chi connectivity index (χ0n) is 24.0. The average molecular weight is 499 g/mol. The van der Waals surface area contributed by atoms with Crippen LogP contribution in [0, 0.1) is 16.7 Å². The van der Waals surface area contributed by atoms with Crippen molar-refractivity contribution in [1.82, 2.24) is 0 Å². The van der Waals surface area contributed by atoms with Gasteiger partial charge in [-0.05, 0) is 81.1 Å². The molecule has 0 bridgehead atoms. The van der Waals surface area contributed by atoms with Crippen molar-refractivity contribution in [3.05, 3.63) is 46.3 Å². The molecule has 5 nitrogen and oxygen atoms in total. The Morgan fingerprint density at radius 1 is 1.03 bits per heavy atom. The van der Waals surface area contributed by atoms with E-state index in [1.807, 2.05) is 53.7 Å². The molecule has 200 valence electrons. The summed E-state index contributed by atoms with van der Waals surface area (Å²) < 4.78 is 6.35. The van der Waals surface area contributed by atoms with Gasteiger partial charge in [0, 0.05) is 17.9 Å². The Morgan fingerprint density at radius 2 is 1.56 bits per heavy atom. The van der Waals surface area contributed by atoms with Crippen molar-refractivity contribution in [2.24, 2.45) is 16.7 Å². The number of Topliss-reactive ketones (excluding diaryl/α,β-unsaturated/α-hetero) is 3. The molecule has 2 unspecified atom stereocenters. The number of rotatable bonds is 10. The third-order valence-electron chi connectivity index (χ3n) is 7.55. The van der Waals surface area contributed by atoms with Gasteiger partial charge in [0.2, 0.25) is 0 Å². The molecule has 4 atom stereocenters. The van der Waals surface area contributed by atoms with Crippen molar-refractivity contribution in [2.45, 2.75) is 113 Å². The first-order chi connectivity index (χ1) is 16.5. The molecule has 0 fully saturated rings. The summed E-state index contributed by atoms with van der Waals surface area (Å²) in [5.41, 5.74) is -0.609. The van der Waals surface area contributed by atoms with E-state index in [0.29, 0.717) is 30.6 Å². The Morgan fingerprint density at radius 3 is 2.06 bits per heavy atom. The molecule has 0 radical (unpaired) electrons. The van der Waals surface area contributed by atoms with Crippen molar-refractivity contribution in [3.8, 4) is 0 Å². The van der Waals surface area contributed by atoms with Gasteiger partial charge in [-0.15, -0.1) is 0 Å². The lowest BCUT2D eigenvalue weighted by molar-refractivity contribution is -0.156. The van der Waals surface area contributed by atoms with E-state index in [1.165, 1.54) is 5.57 Å². The molecule has 1 aliphatic heterocycles. The van der Waals surface area contributed by atoms with Crippen LogP contribution in [0.15, 0.2) is 46.3 Å². The number of carbonyl (C=O) groups excluding carboxylic acids is 3. The minimum absolute atomic E-state index is 0.0484. The van der Waals surface area contributed by atoms with Crippen LogP contribution < -0.4 is 0 Å². The largest absolute Gasteiger partial charge is 0.490 e. The van der Waals surface area contributed by atoms with Gasteiger partial charge in [-0.3, -0.25) is 14.4 Å². The monoisotopic (exact) mass is 498 g/mol. The van der Waals surface area contributed by atoms with Crippen molar-refractivity contribution >= 4 is 17.3 Å². The molecule has 1 aliphatic carbocycles. The number of hydrogen-bond donors (Lipinski definition) is 1. The van der Waals surface area contributed by atoms with Gasteiger partial charge in [0.25, 0.3) is 0 Å². The highest BCUT2D eigenvalue weighted by atomic mass is 16.5. The smallest absolute Gasteiger partial charge is 0.183 e. The summed E-state index contributed by atoms with van der Waals surface area (Å²) in [6.45, 7) is 18.7. The zero-order chi connectivity index (χ0) is 27.6. The first kappa shape index (κ1) is 30.0. The molecule has 2 aliphatic rings. The van der Waals surface area contributed by atoms with E-state index >= 15 is 0 Å².